The summed E-state index contributed by atoms with van der Waals surface area (Å²) in [7, 11) is 3.04. The maximum absolute atomic E-state index is 13.7. The van der Waals surface area contributed by atoms with Crippen molar-refractivity contribution in [3.05, 3.63) is 52.8 Å². The number of anilines is 1. The lowest BCUT2D eigenvalue weighted by Gasteiger charge is -2.15. The Bertz CT molecular complexity index is 858. The fourth-order valence-electron chi connectivity index (χ4n) is 2.52. The predicted octanol–water partition coefficient (Wildman–Crippen LogP) is 4.00. The summed E-state index contributed by atoms with van der Waals surface area (Å²) in [5, 5.41) is 2.57. The molecule has 0 fully saturated rings. The predicted molar refractivity (Wildman–Crippen MR) is 103 cm³/mol. The molecule has 0 heterocycles. The fraction of sp³-hybridized carbons (Fsp3) is 0.300. The number of aryl methyl sites for hydroxylation is 1. The largest absolute Gasteiger partial charge is 0.493 e. The van der Waals surface area contributed by atoms with Gasteiger partial charge in [0, 0.05) is 11.4 Å². The lowest BCUT2D eigenvalue weighted by atomic mass is 10.1. The number of halogens is 2. The molecule has 0 aliphatic heterocycles. The van der Waals surface area contributed by atoms with Gasteiger partial charge in [0.15, 0.2) is 17.6 Å². The number of carbonyl (C=O) groups is 2. The number of nitrogens with one attached hydrogen (secondary N) is 1. The highest BCUT2D eigenvalue weighted by Crippen LogP contribution is 2.31. The van der Waals surface area contributed by atoms with E-state index in [-0.39, 0.29) is 17.1 Å². The smallest absolute Gasteiger partial charge is 0.306 e. The number of para-hydroxylation sites is 1. The number of ether oxygens (including phenoxy) is 3. The Morgan fingerprint density at radius 1 is 1.18 bits per heavy atom. The SMILES string of the molecule is COc1cccc(CCC(=O)O[C@H](C)C(=O)Nc2ccc(Cl)cc2F)c1OC. The summed E-state index contributed by atoms with van der Waals surface area (Å²) in [4.78, 5) is 24.2. The standard InChI is InChI=1S/C20H21ClFNO5/c1-12(20(25)23-16-9-8-14(21)11-15(16)22)28-18(24)10-7-13-5-4-6-17(26-2)19(13)27-3/h4-6,8-9,11-12H,7,10H2,1-3H3,(H,23,25)/t12-/m1/s1. The van der Waals surface area contributed by atoms with Crippen molar-refractivity contribution in [2.24, 2.45) is 0 Å². The number of methoxy groups -OCH3 is 2. The lowest BCUT2D eigenvalue weighted by Crippen LogP contribution is -2.30. The highest BCUT2D eigenvalue weighted by molar-refractivity contribution is 6.30. The third kappa shape index (κ3) is 5.60. The summed E-state index contributed by atoms with van der Waals surface area (Å²) in [5.74, 6) is -0.782. The van der Waals surface area contributed by atoms with Crippen molar-refractivity contribution >= 4 is 29.2 Å². The second-order valence-electron chi connectivity index (χ2n) is 5.90. The first kappa shape index (κ1) is 21.5. The molecule has 0 unspecified atom stereocenters. The van der Waals surface area contributed by atoms with E-state index in [9.17, 15) is 14.0 Å². The Labute approximate surface area is 167 Å². The van der Waals surface area contributed by atoms with Gasteiger partial charge in [-0.25, -0.2) is 4.39 Å². The van der Waals surface area contributed by atoms with E-state index in [1.165, 1.54) is 33.3 Å². The normalized spacial score (nSPS) is 11.5. The average molecular weight is 410 g/mol. The maximum Gasteiger partial charge on any atom is 0.306 e. The van der Waals surface area contributed by atoms with Gasteiger partial charge in [-0.05, 0) is 43.2 Å². The van der Waals surface area contributed by atoms with Crippen LogP contribution in [-0.2, 0) is 20.7 Å². The van der Waals surface area contributed by atoms with Gasteiger partial charge in [0.05, 0.1) is 19.9 Å². The van der Waals surface area contributed by atoms with Gasteiger partial charge in [-0.2, -0.15) is 0 Å². The molecule has 0 spiro atoms. The summed E-state index contributed by atoms with van der Waals surface area (Å²) in [6, 6.07) is 9.21. The summed E-state index contributed by atoms with van der Waals surface area (Å²) in [5.41, 5.74) is 0.734. The first-order valence-electron chi connectivity index (χ1n) is 8.51. The molecule has 0 bridgehead atoms. The minimum Gasteiger partial charge on any atom is -0.493 e. The highest BCUT2D eigenvalue weighted by atomic mass is 35.5. The maximum atomic E-state index is 13.7. The summed E-state index contributed by atoms with van der Waals surface area (Å²) in [6.45, 7) is 1.41. The molecule has 2 aromatic rings. The van der Waals surface area contributed by atoms with Crippen LogP contribution in [0.4, 0.5) is 10.1 Å². The Morgan fingerprint density at radius 3 is 2.57 bits per heavy atom. The Kier molecular flexibility index (Phi) is 7.63. The van der Waals surface area contributed by atoms with Gasteiger partial charge < -0.3 is 19.5 Å². The second-order valence-corrected chi connectivity index (χ2v) is 6.33. The monoisotopic (exact) mass is 409 g/mol. The zero-order valence-electron chi connectivity index (χ0n) is 15.8. The molecular weight excluding hydrogens is 389 g/mol. The molecule has 2 rings (SSSR count). The minimum atomic E-state index is -1.09. The number of benzene rings is 2. The van der Waals surface area contributed by atoms with E-state index in [1.807, 2.05) is 6.07 Å². The molecule has 0 saturated carbocycles. The fourth-order valence-corrected chi connectivity index (χ4v) is 2.68. The average Bonchev–Trinajstić information content (AvgIpc) is 2.67. The van der Waals surface area contributed by atoms with Gasteiger partial charge in [-0.3, -0.25) is 9.59 Å². The summed E-state index contributed by atoms with van der Waals surface area (Å²) in [6.07, 6.45) is -0.703. The zero-order chi connectivity index (χ0) is 20.7. The van der Waals surface area contributed by atoms with Crippen LogP contribution in [0.5, 0.6) is 11.5 Å². The lowest BCUT2D eigenvalue weighted by molar-refractivity contribution is -0.153. The van der Waals surface area contributed by atoms with Crippen molar-refractivity contribution < 1.29 is 28.2 Å². The molecule has 28 heavy (non-hydrogen) atoms. The number of rotatable bonds is 8. The molecule has 1 atom stereocenters. The number of carbonyl (C=O) groups excluding carboxylic acids is 2. The van der Waals surface area contributed by atoms with Crippen LogP contribution in [-0.4, -0.2) is 32.2 Å². The summed E-state index contributed by atoms with van der Waals surface area (Å²) >= 11 is 5.67. The topological polar surface area (TPSA) is 73.9 Å². The molecule has 2 aromatic carbocycles. The van der Waals surface area contributed by atoms with Gasteiger partial charge in [-0.1, -0.05) is 23.7 Å². The number of amides is 1. The van der Waals surface area contributed by atoms with Crippen LogP contribution in [0.25, 0.3) is 0 Å². The van der Waals surface area contributed by atoms with Crippen LogP contribution in [0.15, 0.2) is 36.4 Å². The van der Waals surface area contributed by atoms with Gasteiger partial charge in [0.1, 0.15) is 5.82 Å². The van der Waals surface area contributed by atoms with Crippen LogP contribution in [0.2, 0.25) is 5.02 Å². The van der Waals surface area contributed by atoms with Crippen LogP contribution in [0.1, 0.15) is 18.9 Å². The van der Waals surface area contributed by atoms with Gasteiger partial charge in [-0.15, -0.1) is 0 Å². The molecule has 6 nitrogen and oxygen atoms in total. The number of esters is 1. The zero-order valence-corrected chi connectivity index (χ0v) is 16.5. The van der Waals surface area contributed by atoms with E-state index < -0.39 is 23.8 Å². The molecule has 0 aliphatic carbocycles. The third-order valence-electron chi connectivity index (χ3n) is 3.95. The molecule has 8 heteroatoms. The van der Waals surface area contributed by atoms with E-state index >= 15 is 0 Å². The Hall–Kier alpha value is -2.80. The van der Waals surface area contributed by atoms with Crippen molar-refractivity contribution in [3.63, 3.8) is 0 Å². The van der Waals surface area contributed by atoms with Crippen LogP contribution in [0.3, 0.4) is 0 Å². The highest BCUT2D eigenvalue weighted by Gasteiger charge is 2.20. The van der Waals surface area contributed by atoms with E-state index in [0.717, 1.165) is 11.6 Å². The Balaban J connectivity index is 1.91. The van der Waals surface area contributed by atoms with Crippen LogP contribution < -0.4 is 14.8 Å². The summed E-state index contributed by atoms with van der Waals surface area (Å²) < 4.78 is 29.4. The van der Waals surface area contributed by atoms with Crippen molar-refractivity contribution in [1.82, 2.24) is 0 Å². The molecule has 150 valence electrons. The minimum absolute atomic E-state index is 0.0381. The van der Waals surface area contributed by atoms with Crippen molar-refractivity contribution in [3.8, 4) is 11.5 Å². The van der Waals surface area contributed by atoms with E-state index in [2.05, 4.69) is 5.32 Å². The molecule has 0 aromatic heterocycles. The van der Waals surface area contributed by atoms with Crippen LogP contribution in [0, 0.1) is 5.82 Å². The second kappa shape index (κ2) is 9.94. The van der Waals surface area contributed by atoms with Crippen molar-refractivity contribution in [1.29, 1.82) is 0 Å². The molecular formula is C20H21ClFNO5. The van der Waals surface area contributed by atoms with Gasteiger partial charge in [0.2, 0.25) is 0 Å². The molecule has 1 amide bonds. The third-order valence-corrected chi connectivity index (χ3v) is 4.18. The number of hydrogen-bond donors (Lipinski definition) is 1. The van der Waals surface area contributed by atoms with Crippen molar-refractivity contribution in [2.75, 3.05) is 19.5 Å². The first-order valence-corrected chi connectivity index (χ1v) is 8.88. The molecule has 0 aliphatic rings. The van der Waals surface area contributed by atoms with Gasteiger partial charge >= 0.3 is 5.97 Å². The van der Waals surface area contributed by atoms with Crippen LogP contribution >= 0.6 is 11.6 Å². The van der Waals surface area contributed by atoms with E-state index in [1.54, 1.807) is 12.1 Å². The van der Waals surface area contributed by atoms with Crippen molar-refractivity contribution in [2.45, 2.75) is 25.9 Å². The molecule has 0 saturated heterocycles. The van der Waals surface area contributed by atoms with Gasteiger partial charge in [0.25, 0.3) is 5.91 Å². The first-order chi connectivity index (χ1) is 13.3. The quantitative estimate of drug-likeness (QED) is 0.667. The van der Waals surface area contributed by atoms with E-state index in [4.69, 9.17) is 25.8 Å². The number of hydrogen-bond acceptors (Lipinski definition) is 5. The molecule has 1 N–H and O–H groups in total. The molecule has 0 radical (unpaired) electrons. The van der Waals surface area contributed by atoms with E-state index in [0.29, 0.717) is 17.9 Å². The Morgan fingerprint density at radius 2 is 1.93 bits per heavy atom.